The molecule has 0 spiro atoms. The van der Waals surface area contributed by atoms with Crippen LogP contribution in [0.5, 0.6) is 11.5 Å². The van der Waals surface area contributed by atoms with E-state index >= 15 is 0 Å². The highest BCUT2D eigenvalue weighted by Gasteiger charge is 2.23. The lowest BCUT2D eigenvalue weighted by molar-refractivity contribution is -0.140. The maximum atomic E-state index is 12.3. The Kier molecular flexibility index (Phi) is 8.08. The number of esters is 2. The van der Waals surface area contributed by atoms with Crippen LogP contribution in [0.2, 0.25) is 0 Å². The van der Waals surface area contributed by atoms with E-state index in [9.17, 15) is 24.3 Å². The van der Waals surface area contributed by atoms with Crippen molar-refractivity contribution >= 4 is 23.9 Å². The molecule has 0 aromatic heterocycles. The second-order valence-corrected chi connectivity index (χ2v) is 6.89. The van der Waals surface area contributed by atoms with Crippen molar-refractivity contribution in [1.29, 1.82) is 0 Å². The van der Waals surface area contributed by atoms with Crippen LogP contribution in [0.25, 0.3) is 0 Å². The van der Waals surface area contributed by atoms with E-state index in [4.69, 9.17) is 14.6 Å². The average Bonchev–Trinajstić information content (AvgIpc) is 2.69. The molecule has 0 aliphatic rings. The van der Waals surface area contributed by atoms with E-state index in [1.807, 2.05) is 13.8 Å². The SMILES string of the molecule is Cc1ccc(OC(=O)CC(CC(=O)Oc2ccc(C)cc2)=C(CC(=O)O)C(=O)O)cc1. The van der Waals surface area contributed by atoms with Gasteiger partial charge in [-0.25, -0.2) is 4.79 Å². The number of carboxylic acid groups (broad SMARTS) is 2. The van der Waals surface area contributed by atoms with Crippen molar-refractivity contribution in [3.8, 4) is 11.5 Å². The van der Waals surface area contributed by atoms with Crippen molar-refractivity contribution < 1.29 is 38.9 Å². The van der Waals surface area contributed by atoms with Crippen LogP contribution in [0.3, 0.4) is 0 Å². The average molecular weight is 426 g/mol. The van der Waals surface area contributed by atoms with Gasteiger partial charge in [-0.05, 0) is 43.7 Å². The van der Waals surface area contributed by atoms with Crippen molar-refractivity contribution in [3.05, 3.63) is 70.8 Å². The Bertz CT molecular complexity index is 937. The van der Waals surface area contributed by atoms with Crippen molar-refractivity contribution in [2.45, 2.75) is 33.1 Å². The molecule has 0 bridgehead atoms. The monoisotopic (exact) mass is 426 g/mol. The van der Waals surface area contributed by atoms with Gasteiger partial charge in [-0.3, -0.25) is 14.4 Å². The van der Waals surface area contributed by atoms with E-state index in [2.05, 4.69) is 0 Å². The van der Waals surface area contributed by atoms with Crippen molar-refractivity contribution in [3.63, 3.8) is 0 Å². The zero-order valence-corrected chi connectivity index (χ0v) is 17.1. The summed E-state index contributed by atoms with van der Waals surface area (Å²) < 4.78 is 10.4. The third-order valence-corrected chi connectivity index (χ3v) is 4.23. The van der Waals surface area contributed by atoms with E-state index in [1.165, 1.54) is 0 Å². The molecule has 0 atom stereocenters. The van der Waals surface area contributed by atoms with E-state index in [-0.39, 0.29) is 17.1 Å². The second kappa shape index (κ2) is 10.7. The molecular weight excluding hydrogens is 404 g/mol. The summed E-state index contributed by atoms with van der Waals surface area (Å²) in [7, 11) is 0. The normalized spacial score (nSPS) is 10.1. The van der Waals surface area contributed by atoms with Crippen LogP contribution in [0.4, 0.5) is 0 Å². The largest absolute Gasteiger partial charge is 0.481 e. The highest BCUT2D eigenvalue weighted by Crippen LogP contribution is 2.22. The fourth-order valence-electron chi connectivity index (χ4n) is 2.68. The maximum absolute atomic E-state index is 12.3. The van der Waals surface area contributed by atoms with Crippen LogP contribution in [0, 0.1) is 13.8 Å². The Labute approximate surface area is 178 Å². The summed E-state index contributed by atoms with van der Waals surface area (Å²) in [6.07, 6.45) is -2.02. The molecule has 2 N–H and O–H groups in total. The summed E-state index contributed by atoms with van der Waals surface area (Å²) in [6.45, 7) is 3.72. The number of ether oxygens (including phenoxy) is 2. The first-order valence-electron chi connectivity index (χ1n) is 9.34. The smallest absolute Gasteiger partial charge is 0.332 e. The topological polar surface area (TPSA) is 127 Å². The third kappa shape index (κ3) is 7.77. The zero-order valence-electron chi connectivity index (χ0n) is 17.1. The summed E-state index contributed by atoms with van der Waals surface area (Å²) >= 11 is 0. The first kappa shape index (κ1) is 23.3. The van der Waals surface area contributed by atoms with Crippen molar-refractivity contribution in [1.82, 2.24) is 0 Å². The molecule has 2 aromatic rings. The first-order chi connectivity index (χ1) is 14.6. The minimum Gasteiger partial charge on any atom is -0.481 e. The molecule has 0 amide bonds. The molecule has 8 heteroatoms. The Morgan fingerprint density at radius 3 is 1.39 bits per heavy atom. The van der Waals surface area contributed by atoms with Gasteiger partial charge >= 0.3 is 23.9 Å². The second-order valence-electron chi connectivity index (χ2n) is 6.89. The summed E-state index contributed by atoms with van der Waals surface area (Å²) in [4.78, 5) is 47.4. The zero-order chi connectivity index (χ0) is 23.0. The van der Waals surface area contributed by atoms with Gasteiger partial charge in [0.05, 0.1) is 19.3 Å². The Balaban J connectivity index is 2.22. The molecule has 0 unspecified atom stereocenters. The van der Waals surface area contributed by atoms with Gasteiger partial charge < -0.3 is 19.7 Å². The Hall–Kier alpha value is -3.94. The third-order valence-electron chi connectivity index (χ3n) is 4.23. The van der Waals surface area contributed by atoms with Gasteiger partial charge in [-0.2, -0.15) is 0 Å². The molecule has 0 heterocycles. The molecule has 0 fully saturated rings. The number of benzene rings is 2. The van der Waals surface area contributed by atoms with Crippen molar-refractivity contribution in [2.24, 2.45) is 0 Å². The molecule has 162 valence electrons. The lowest BCUT2D eigenvalue weighted by Gasteiger charge is -2.12. The van der Waals surface area contributed by atoms with Crippen LogP contribution in [0.15, 0.2) is 59.7 Å². The van der Waals surface area contributed by atoms with Crippen LogP contribution in [-0.2, 0) is 19.2 Å². The summed E-state index contributed by atoms with van der Waals surface area (Å²) in [5, 5.41) is 18.5. The lowest BCUT2D eigenvalue weighted by atomic mass is 9.99. The van der Waals surface area contributed by atoms with Gasteiger partial charge in [0.1, 0.15) is 11.5 Å². The highest BCUT2D eigenvalue weighted by atomic mass is 16.5. The van der Waals surface area contributed by atoms with Gasteiger partial charge in [-0.1, -0.05) is 35.4 Å². The molecular formula is C23H22O8. The minimum atomic E-state index is -1.54. The van der Waals surface area contributed by atoms with Gasteiger partial charge in [-0.15, -0.1) is 0 Å². The summed E-state index contributed by atoms with van der Waals surface area (Å²) in [5.74, 6) is -4.12. The van der Waals surface area contributed by atoms with Crippen LogP contribution in [-0.4, -0.2) is 34.1 Å². The van der Waals surface area contributed by atoms with Crippen molar-refractivity contribution in [2.75, 3.05) is 0 Å². The standard InChI is InChI=1S/C23H22O8/c1-14-3-7-17(8-4-14)30-21(26)11-16(19(23(28)29)13-20(24)25)12-22(27)31-18-9-5-15(2)6-10-18/h3-10H,11-13H2,1-2H3,(H,24,25)(H,28,29). The fraction of sp³-hybridized carbons (Fsp3) is 0.217. The van der Waals surface area contributed by atoms with Gasteiger partial charge in [0, 0.05) is 5.57 Å². The van der Waals surface area contributed by atoms with Gasteiger partial charge in [0.2, 0.25) is 0 Å². The Morgan fingerprint density at radius 1 is 0.677 bits per heavy atom. The predicted octanol–water partition coefficient (Wildman–Crippen LogP) is 3.45. The number of rotatable bonds is 9. The molecule has 0 aliphatic carbocycles. The van der Waals surface area contributed by atoms with Crippen LogP contribution in [0.1, 0.15) is 30.4 Å². The summed E-state index contributed by atoms with van der Waals surface area (Å²) in [5.41, 5.74) is 1.15. The quantitative estimate of drug-likeness (QED) is 0.355. The molecule has 8 nitrogen and oxygen atoms in total. The molecule has 0 saturated heterocycles. The maximum Gasteiger partial charge on any atom is 0.332 e. The number of aryl methyl sites for hydroxylation is 2. The number of aliphatic carboxylic acids is 2. The van der Waals surface area contributed by atoms with Crippen LogP contribution < -0.4 is 9.47 Å². The molecule has 0 radical (unpaired) electrons. The van der Waals surface area contributed by atoms with E-state index in [0.717, 1.165) is 11.1 Å². The van der Waals surface area contributed by atoms with E-state index in [0.29, 0.717) is 0 Å². The Morgan fingerprint density at radius 2 is 1.06 bits per heavy atom. The number of hydrogen-bond donors (Lipinski definition) is 2. The predicted molar refractivity (Wildman–Crippen MR) is 110 cm³/mol. The van der Waals surface area contributed by atoms with E-state index in [1.54, 1.807) is 48.5 Å². The number of carbonyl (C=O) groups is 4. The van der Waals surface area contributed by atoms with Crippen LogP contribution >= 0.6 is 0 Å². The first-order valence-corrected chi connectivity index (χ1v) is 9.34. The molecule has 2 aromatic carbocycles. The molecule has 2 rings (SSSR count). The molecule has 0 aliphatic heterocycles. The number of hydrogen-bond acceptors (Lipinski definition) is 6. The number of carboxylic acids is 2. The number of carbonyl (C=O) groups excluding carboxylic acids is 2. The minimum absolute atomic E-state index is 0.191. The molecule has 31 heavy (non-hydrogen) atoms. The van der Waals surface area contributed by atoms with E-state index < -0.39 is 48.7 Å². The van der Waals surface area contributed by atoms with Gasteiger partial charge in [0.25, 0.3) is 0 Å². The fourth-order valence-corrected chi connectivity index (χ4v) is 2.68. The van der Waals surface area contributed by atoms with Gasteiger partial charge in [0.15, 0.2) is 0 Å². The highest BCUT2D eigenvalue weighted by molar-refractivity contribution is 5.95. The molecule has 0 saturated carbocycles. The lowest BCUT2D eigenvalue weighted by Crippen LogP contribution is -2.18. The summed E-state index contributed by atoms with van der Waals surface area (Å²) in [6, 6.07) is 13.2.